The Kier molecular flexibility index (Phi) is 9.32. The van der Waals surface area contributed by atoms with Gasteiger partial charge in [0.15, 0.2) is 11.6 Å². The summed E-state index contributed by atoms with van der Waals surface area (Å²) < 4.78 is 12.5. The maximum absolute atomic E-state index is 14.7. The molecule has 2 atom stereocenters. The fourth-order valence-electron chi connectivity index (χ4n) is 6.61. The van der Waals surface area contributed by atoms with Crippen molar-refractivity contribution in [3.05, 3.63) is 161 Å². The number of rotatable bonds is 12. The Bertz CT molecular complexity index is 1840. The molecule has 0 unspecified atom stereocenters. The van der Waals surface area contributed by atoms with E-state index in [2.05, 4.69) is 59.4 Å². The van der Waals surface area contributed by atoms with E-state index in [1.807, 2.05) is 84.9 Å². The molecule has 242 valence electrons. The molecule has 7 nitrogen and oxygen atoms in total. The summed E-state index contributed by atoms with van der Waals surface area (Å²) in [6.07, 6.45) is 1.87. The zero-order valence-electron chi connectivity index (χ0n) is 26.7. The first kappa shape index (κ1) is 31.4. The number of carbonyl (C=O) groups excluding carboxylic acids is 1. The number of aliphatic hydroxyl groups excluding tert-OH is 1. The molecule has 1 amide bonds. The van der Waals surface area contributed by atoms with E-state index in [1.54, 1.807) is 0 Å². The number of hydrogen-bond donors (Lipinski definition) is 3. The number of hydrazine groups is 1. The number of amides is 1. The number of fused-ring (bicyclic) bond motifs is 1. The van der Waals surface area contributed by atoms with Gasteiger partial charge in [-0.25, -0.2) is 10.4 Å². The van der Waals surface area contributed by atoms with Crippen LogP contribution < -0.4 is 15.6 Å². The molecule has 0 saturated carbocycles. The van der Waals surface area contributed by atoms with Gasteiger partial charge < -0.3 is 14.6 Å². The first-order valence-electron chi connectivity index (χ1n) is 16.5. The summed E-state index contributed by atoms with van der Waals surface area (Å²) in [5, 5.41) is 9.11. The Balaban J connectivity index is 1.23. The van der Waals surface area contributed by atoms with Crippen molar-refractivity contribution in [1.82, 2.24) is 10.9 Å². The van der Waals surface area contributed by atoms with E-state index in [9.17, 15) is 4.79 Å². The monoisotopic (exact) mass is 637 g/mol. The molecule has 5 aromatic rings. The summed E-state index contributed by atoms with van der Waals surface area (Å²) in [6.45, 7) is 0.498. The van der Waals surface area contributed by atoms with Gasteiger partial charge in [-0.15, -0.1) is 0 Å². The second-order valence-corrected chi connectivity index (χ2v) is 12.4. The van der Waals surface area contributed by atoms with Crippen molar-refractivity contribution in [1.29, 1.82) is 0 Å². The third-order valence-electron chi connectivity index (χ3n) is 9.11. The highest BCUT2D eigenvalue weighted by Crippen LogP contribution is 2.43. The van der Waals surface area contributed by atoms with Gasteiger partial charge in [0.25, 0.3) is 5.91 Å². The van der Waals surface area contributed by atoms with Gasteiger partial charge in [0.2, 0.25) is 5.90 Å². The Morgan fingerprint density at radius 1 is 0.771 bits per heavy atom. The zero-order chi connectivity index (χ0) is 32.8. The van der Waals surface area contributed by atoms with Crippen LogP contribution in [0.4, 0.5) is 0 Å². The molecule has 7 rings (SSSR count). The molecule has 5 aromatic carbocycles. The van der Waals surface area contributed by atoms with E-state index in [1.165, 1.54) is 11.1 Å². The average molecular weight is 638 g/mol. The van der Waals surface area contributed by atoms with Gasteiger partial charge in [-0.1, -0.05) is 109 Å². The predicted octanol–water partition coefficient (Wildman–Crippen LogP) is 6.40. The Labute approximate surface area is 281 Å². The summed E-state index contributed by atoms with van der Waals surface area (Å²) in [5.74, 6) is 0.834. The Hall–Kier alpha value is -5.24. The molecular weight excluding hydrogens is 598 g/mol. The Morgan fingerprint density at radius 3 is 2.04 bits per heavy atom. The van der Waals surface area contributed by atoms with E-state index >= 15 is 0 Å². The average Bonchev–Trinajstić information content (AvgIpc) is 3.74. The highest BCUT2D eigenvalue weighted by molar-refractivity contribution is 6.01. The van der Waals surface area contributed by atoms with Crippen molar-refractivity contribution in [2.75, 3.05) is 13.2 Å². The van der Waals surface area contributed by atoms with Crippen molar-refractivity contribution in [2.45, 2.75) is 43.4 Å². The fourth-order valence-corrected chi connectivity index (χ4v) is 6.61. The molecule has 1 heterocycles. The largest absolute Gasteiger partial charge is 0.494 e. The van der Waals surface area contributed by atoms with Gasteiger partial charge in [-0.2, -0.15) is 0 Å². The normalized spacial score (nSPS) is 18.5. The molecule has 0 fully saturated rings. The lowest BCUT2D eigenvalue weighted by Gasteiger charge is -2.31. The van der Waals surface area contributed by atoms with Crippen LogP contribution in [0.5, 0.6) is 5.75 Å². The number of aliphatic imine (C=N–C) groups is 1. The van der Waals surface area contributed by atoms with Gasteiger partial charge in [0.1, 0.15) is 5.75 Å². The summed E-state index contributed by atoms with van der Waals surface area (Å²) >= 11 is 0. The third-order valence-corrected chi connectivity index (χ3v) is 9.11. The number of carbonyl (C=O) groups is 1. The quantitative estimate of drug-likeness (QED) is 0.109. The summed E-state index contributed by atoms with van der Waals surface area (Å²) in [6, 6.07) is 44.4. The van der Waals surface area contributed by atoms with Gasteiger partial charge in [0, 0.05) is 31.1 Å². The Morgan fingerprint density at radius 2 is 1.38 bits per heavy atom. The number of hydrogen-bond acceptors (Lipinski definition) is 6. The lowest BCUT2D eigenvalue weighted by Crippen LogP contribution is -2.56. The van der Waals surface area contributed by atoms with Crippen LogP contribution in [0.1, 0.15) is 40.3 Å². The van der Waals surface area contributed by atoms with Crippen molar-refractivity contribution >= 4 is 11.8 Å². The SMILES string of the molecule is O=C(NNC1Cc2ccccc2C1)[C@@]1(Cc2ccccc2)N=C(c2ccc(OCCCO)cc2)O[C@H]1c1ccc(-c2ccccc2)cc1. The second-order valence-electron chi connectivity index (χ2n) is 12.4. The van der Waals surface area contributed by atoms with Gasteiger partial charge in [-0.05, 0) is 70.5 Å². The van der Waals surface area contributed by atoms with Crippen LogP contribution in [-0.2, 0) is 28.8 Å². The van der Waals surface area contributed by atoms with Gasteiger partial charge in [0.05, 0.1) is 6.61 Å². The fraction of sp³-hybridized carbons (Fsp3) is 0.220. The maximum atomic E-state index is 14.7. The number of aliphatic hydroxyl groups is 1. The molecule has 0 bridgehead atoms. The summed E-state index contributed by atoms with van der Waals surface area (Å²) in [5.41, 5.74) is 12.5. The topological polar surface area (TPSA) is 92.2 Å². The minimum absolute atomic E-state index is 0.0740. The van der Waals surface area contributed by atoms with Gasteiger partial charge >= 0.3 is 0 Å². The van der Waals surface area contributed by atoms with E-state index in [0.717, 1.165) is 40.7 Å². The number of nitrogens with zero attached hydrogens (tertiary/aromatic N) is 1. The van der Waals surface area contributed by atoms with Crippen LogP contribution in [-0.4, -0.2) is 41.7 Å². The first-order valence-corrected chi connectivity index (χ1v) is 16.5. The molecule has 7 heteroatoms. The minimum Gasteiger partial charge on any atom is -0.494 e. The highest BCUT2D eigenvalue weighted by Gasteiger charge is 2.53. The smallest absolute Gasteiger partial charge is 0.266 e. The lowest BCUT2D eigenvalue weighted by molar-refractivity contribution is -0.130. The number of ether oxygens (including phenoxy) is 2. The van der Waals surface area contributed by atoms with Crippen LogP contribution in [0, 0.1) is 0 Å². The van der Waals surface area contributed by atoms with Crippen molar-refractivity contribution in [2.24, 2.45) is 4.99 Å². The summed E-state index contributed by atoms with van der Waals surface area (Å²) in [7, 11) is 0. The van der Waals surface area contributed by atoms with Crippen LogP contribution in [0.15, 0.2) is 138 Å². The molecule has 3 N–H and O–H groups in total. The molecule has 0 spiro atoms. The molecular formula is C41H39N3O4. The van der Waals surface area contributed by atoms with Crippen molar-refractivity contribution < 1.29 is 19.4 Å². The molecule has 48 heavy (non-hydrogen) atoms. The predicted molar refractivity (Wildman–Crippen MR) is 188 cm³/mol. The van der Waals surface area contributed by atoms with Crippen LogP contribution >= 0.6 is 0 Å². The summed E-state index contributed by atoms with van der Waals surface area (Å²) in [4.78, 5) is 19.8. The van der Waals surface area contributed by atoms with E-state index in [4.69, 9.17) is 19.6 Å². The minimum atomic E-state index is -1.31. The number of nitrogens with one attached hydrogen (secondary N) is 2. The third kappa shape index (κ3) is 6.74. The molecule has 0 saturated heterocycles. The van der Waals surface area contributed by atoms with Crippen LogP contribution in [0.3, 0.4) is 0 Å². The lowest BCUT2D eigenvalue weighted by atomic mass is 9.82. The first-order chi connectivity index (χ1) is 23.6. The van der Waals surface area contributed by atoms with E-state index < -0.39 is 11.6 Å². The second kappa shape index (κ2) is 14.3. The molecule has 0 aromatic heterocycles. The molecule has 0 radical (unpaired) electrons. The molecule has 1 aliphatic heterocycles. The molecule has 1 aliphatic carbocycles. The van der Waals surface area contributed by atoms with Crippen LogP contribution in [0.2, 0.25) is 0 Å². The highest BCUT2D eigenvalue weighted by atomic mass is 16.5. The van der Waals surface area contributed by atoms with E-state index in [0.29, 0.717) is 31.1 Å². The maximum Gasteiger partial charge on any atom is 0.266 e. The molecule has 2 aliphatic rings. The van der Waals surface area contributed by atoms with E-state index in [-0.39, 0.29) is 18.6 Å². The van der Waals surface area contributed by atoms with Crippen LogP contribution in [0.25, 0.3) is 11.1 Å². The van der Waals surface area contributed by atoms with Crippen molar-refractivity contribution in [3.8, 4) is 16.9 Å². The van der Waals surface area contributed by atoms with Gasteiger partial charge in [-0.3, -0.25) is 10.2 Å². The zero-order valence-corrected chi connectivity index (χ0v) is 26.7. The van der Waals surface area contributed by atoms with Crippen molar-refractivity contribution in [3.63, 3.8) is 0 Å². The standard InChI is InChI=1S/C41H39N3O4/c45-24-9-25-47-37-22-20-33(21-23-37)39-42-41(28-29-10-3-1-4-11-29,40(46)44-43-36-26-34-14-7-8-15-35(34)27-36)38(48-39)32-18-16-31(17-19-32)30-12-5-2-6-13-30/h1-8,10-23,36,38,43,45H,9,24-28H2,(H,44,46)/t38-,41-/m0/s1. The number of benzene rings is 5.